The normalized spacial score (nSPS) is 12.8. The number of aliphatic hydroxyl groups is 2. The van der Waals surface area contributed by atoms with Crippen LogP contribution >= 0.6 is 11.3 Å². The van der Waals surface area contributed by atoms with Gasteiger partial charge in [0.05, 0.1) is 31.0 Å². The molecule has 2 rings (SSSR count). The molecule has 3 N–H and O–H groups in total. The molecule has 0 aliphatic rings. The first-order valence-corrected chi connectivity index (χ1v) is 6.28. The fourth-order valence-corrected chi connectivity index (χ4v) is 2.76. The minimum atomic E-state index is -1.10. The summed E-state index contributed by atoms with van der Waals surface area (Å²) in [5.41, 5.74) is -0.0448. The highest BCUT2D eigenvalue weighted by Gasteiger charge is 2.19. The van der Waals surface area contributed by atoms with Crippen LogP contribution in [0, 0.1) is 6.92 Å². The summed E-state index contributed by atoms with van der Waals surface area (Å²) in [6.45, 7) is 1.00. The minimum absolute atomic E-state index is 0.0834. The van der Waals surface area contributed by atoms with Crippen LogP contribution in [0.2, 0.25) is 0 Å². The number of nitrogens with zero attached hydrogens (tertiary/aromatic N) is 2. The topological polar surface area (TPSA) is 113 Å². The molecule has 0 radical (unpaired) electrons. The Hall–Kier alpha value is -1.77. The van der Waals surface area contributed by atoms with E-state index in [1.807, 2.05) is 0 Å². The molecule has 1 unspecified atom stereocenters. The molecular weight excluding hydrogens is 272 g/mol. The van der Waals surface area contributed by atoms with Crippen LogP contribution in [0.5, 0.6) is 0 Å². The van der Waals surface area contributed by atoms with Crippen molar-refractivity contribution in [2.45, 2.75) is 19.6 Å². The van der Waals surface area contributed by atoms with Gasteiger partial charge in [-0.3, -0.25) is 9.36 Å². The van der Waals surface area contributed by atoms with Crippen molar-refractivity contribution in [3.05, 3.63) is 27.1 Å². The molecule has 0 fully saturated rings. The van der Waals surface area contributed by atoms with Gasteiger partial charge in [-0.1, -0.05) is 0 Å². The van der Waals surface area contributed by atoms with E-state index in [0.29, 0.717) is 10.4 Å². The van der Waals surface area contributed by atoms with Crippen molar-refractivity contribution in [1.82, 2.24) is 9.55 Å². The van der Waals surface area contributed by atoms with Crippen LogP contribution in [0.3, 0.4) is 0 Å². The molecule has 2 heterocycles. The molecule has 2 aromatic rings. The summed E-state index contributed by atoms with van der Waals surface area (Å²) in [6, 6.07) is 0. The Labute approximate surface area is 111 Å². The molecule has 0 aliphatic carbocycles. The largest absolute Gasteiger partial charge is 0.477 e. The first kappa shape index (κ1) is 13.7. The van der Waals surface area contributed by atoms with Crippen LogP contribution in [0.4, 0.5) is 0 Å². The zero-order valence-electron chi connectivity index (χ0n) is 10.0. The Morgan fingerprint density at radius 3 is 2.84 bits per heavy atom. The van der Waals surface area contributed by atoms with Crippen LogP contribution in [-0.2, 0) is 6.54 Å². The molecule has 0 aromatic carbocycles. The molecule has 0 bridgehead atoms. The quantitative estimate of drug-likeness (QED) is 0.717. The molecule has 8 heteroatoms. The smallest absolute Gasteiger partial charge is 0.346 e. The molecule has 0 saturated heterocycles. The summed E-state index contributed by atoms with van der Waals surface area (Å²) in [4.78, 5) is 27.7. The van der Waals surface area contributed by atoms with E-state index in [9.17, 15) is 14.7 Å². The molecule has 19 heavy (non-hydrogen) atoms. The fourth-order valence-electron chi connectivity index (χ4n) is 1.78. The van der Waals surface area contributed by atoms with Crippen molar-refractivity contribution in [3.63, 3.8) is 0 Å². The van der Waals surface area contributed by atoms with E-state index in [2.05, 4.69) is 4.98 Å². The Morgan fingerprint density at radius 1 is 1.58 bits per heavy atom. The average Bonchev–Trinajstić information content (AvgIpc) is 2.71. The van der Waals surface area contributed by atoms with Gasteiger partial charge in [0, 0.05) is 0 Å². The number of aliphatic hydroxyl groups excluding tert-OH is 2. The maximum Gasteiger partial charge on any atom is 0.346 e. The van der Waals surface area contributed by atoms with Crippen molar-refractivity contribution >= 4 is 27.5 Å². The third-order valence-electron chi connectivity index (χ3n) is 2.73. The summed E-state index contributed by atoms with van der Waals surface area (Å²) < 4.78 is 1.16. The van der Waals surface area contributed by atoms with E-state index in [-0.39, 0.29) is 16.8 Å². The van der Waals surface area contributed by atoms with Crippen molar-refractivity contribution < 1.29 is 20.1 Å². The van der Waals surface area contributed by atoms with Gasteiger partial charge in [-0.2, -0.15) is 0 Å². The molecule has 0 amide bonds. The number of hydrogen-bond acceptors (Lipinski definition) is 6. The molecule has 0 aliphatic heterocycles. The van der Waals surface area contributed by atoms with Gasteiger partial charge in [-0.05, 0) is 12.5 Å². The number of aryl methyl sites for hydroxylation is 1. The van der Waals surface area contributed by atoms with Gasteiger partial charge in [0.2, 0.25) is 0 Å². The van der Waals surface area contributed by atoms with E-state index in [1.165, 1.54) is 6.33 Å². The molecule has 1 atom stereocenters. The highest BCUT2D eigenvalue weighted by Crippen LogP contribution is 2.26. The van der Waals surface area contributed by atoms with Gasteiger partial charge in [0.1, 0.15) is 9.71 Å². The minimum Gasteiger partial charge on any atom is -0.477 e. The van der Waals surface area contributed by atoms with Crippen LogP contribution in [0.25, 0.3) is 10.2 Å². The maximum atomic E-state index is 12.2. The number of hydrogen-bond donors (Lipinski definition) is 3. The molecule has 0 saturated carbocycles. The Bertz CT molecular complexity index is 690. The lowest BCUT2D eigenvalue weighted by molar-refractivity contribution is 0.0701. The number of thiophene rings is 1. The predicted octanol–water partition coefficient (Wildman–Crippen LogP) is -0.182. The highest BCUT2D eigenvalue weighted by molar-refractivity contribution is 7.20. The molecule has 102 valence electrons. The fraction of sp³-hybridized carbons (Fsp3) is 0.364. The lowest BCUT2D eigenvalue weighted by Crippen LogP contribution is -2.28. The summed E-state index contributed by atoms with van der Waals surface area (Å²) in [5.74, 6) is -1.10. The average molecular weight is 284 g/mol. The van der Waals surface area contributed by atoms with Crippen molar-refractivity contribution in [2.24, 2.45) is 0 Å². The number of rotatable bonds is 4. The summed E-state index contributed by atoms with van der Waals surface area (Å²) in [5, 5.41) is 27.4. The number of aromatic nitrogens is 2. The van der Waals surface area contributed by atoms with E-state index < -0.39 is 24.2 Å². The SMILES string of the molecule is Cc1c(C(=O)O)sc2ncn(CC(O)CO)c(=O)c12. The Balaban J connectivity index is 2.61. The van der Waals surface area contributed by atoms with Crippen LogP contribution in [-0.4, -0.2) is 43.6 Å². The summed E-state index contributed by atoms with van der Waals surface area (Å²) >= 11 is 0.944. The molecule has 2 aromatic heterocycles. The first-order chi connectivity index (χ1) is 8.95. The first-order valence-electron chi connectivity index (χ1n) is 5.46. The summed E-state index contributed by atoms with van der Waals surface area (Å²) in [7, 11) is 0. The second-order valence-corrected chi connectivity index (χ2v) is 5.08. The molecular formula is C11H12N2O5S. The van der Waals surface area contributed by atoms with Gasteiger partial charge >= 0.3 is 5.97 Å². The van der Waals surface area contributed by atoms with Gasteiger partial charge < -0.3 is 15.3 Å². The van der Waals surface area contributed by atoms with Gasteiger partial charge in [0.25, 0.3) is 5.56 Å². The number of carboxylic acids is 1. The lowest BCUT2D eigenvalue weighted by atomic mass is 10.2. The van der Waals surface area contributed by atoms with Gasteiger partial charge in [-0.25, -0.2) is 9.78 Å². The third kappa shape index (κ3) is 2.37. The zero-order valence-corrected chi connectivity index (χ0v) is 10.8. The number of carboxylic acid groups (broad SMARTS) is 1. The highest BCUT2D eigenvalue weighted by atomic mass is 32.1. The number of fused-ring (bicyclic) bond motifs is 1. The van der Waals surface area contributed by atoms with Gasteiger partial charge in [-0.15, -0.1) is 11.3 Å². The number of aromatic carboxylic acids is 1. The zero-order chi connectivity index (χ0) is 14.2. The lowest BCUT2D eigenvalue weighted by Gasteiger charge is -2.09. The van der Waals surface area contributed by atoms with E-state index >= 15 is 0 Å². The standard InChI is InChI=1S/C11H12N2O5S/c1-5-7-9(19-8(5)11(17)18)12-4-13(10(7)16)2-6(15)3-14/h4,6,14-15H,2-3H2,1H3,(H,17,18). The van der Waals surface area contributed by atoms with Crippen molar-refractivity contribution in [1.29, 1.82) is 0 Å². The van der Waals surface area contributed by atoms with Crippen molar-refractivity contribution in [3.8, 4) is 0 Å². The number of carbonyl (C=O) groups is 1. The molecule has 7 nitrogen and oxygen atoms in total. The second kappa shape index (κ2) is 5.08. The predicted molar refractivity (Wildman–Crippen MR) is 68.7 cm³/mol. The van der Waals surface area contributed by atoms with Crippen LogP contribution in [0.1, 0.15) is 15.2 Å². The van der Waals surface area contributed by atoms with Gasteiger partial charge in [0.15, 0.2) is 0 Å². The van der Waals surface area contributed by atoms with Crippen LogP contribution < -0.4 is 5.56 Å². The second-order valence-electron chi connectivity index (χ2n) is 4.08. The molecule has 0 spiro atoms. The summed E-state index contributed by atoms with van der Waals surface area (Å²) in [6.07, 6.45) is 0.181. The Morgan fingerprint density at radius 2 is 2.26 bits per heavy atom. The maximum absolute atomic E-state index is 12.2. The van der Waals surface area contributed by atoms with Crippen molar-refractivity contribution in [2.75, 3.05) is 6.61 Å². The van der Waals surface area contributed by atoms with E-state index in [1.54, 1.807) is 6.92 Å². The van der Waals surface area contributed by atoms with E-state index in [4.69, 9.17) is 10.2 Å². The van der Waals surface area contributed by atoms with Crippen LogP contribution in [0.15, 0.2) is 11.1 Å². The third-order valence-corrected chi connectivity index (χ3v) is 3.92. The Kier molecular flexibility index (Phi) is 3.65. The van der Waals surface area contributed by atoms with E-state index in [0.717, 1.165) is 15.9 Å². The monoisotopic (exact) mass is 284 g/mol.